The number of allylic oxidation sites excluding steroid dienone is 1. The van der Waals surface area contributed by atoms with E-state index in [0.29, 0.717) is 18.4 Å². The molecule has 0 amide bonds. The number of rotatable bonds is 8. The van der Waals surface area contributed by atoms with Crippen molar-refractivity contribution in [2.45, 2.75) is 33.6 Å². The van der Waals surface area contributed by atoms with Crippen molar-refractivity contribution >= 4 is 5.97 Å². The van der Waals surface area contributed by atoms with Gasteiger partial charge in [0.1, 0.15) is 0 Å². The van der Waals surface area contributed by atoms with Gasteiger partial charge >= 0.3 is 5.97 Å². The summed E-state index contributed by atoms with van der Waals surface area (Å²) in [4.78, 5) is 11.5. The SMILES string of the molecule is CC(C)=C(C)C(=O)OCCCC(CO)(CO)CO. The second kappa shape index (κ2) is 8.24. The van der Waals surface area contributed by atoms with Crippen LogP contribution in [0.5, 0.6) is 0 Å². The molecule has 0 spiro atoms. The number of esters is 1. The molecule has 0 atom stereocenters. The Balaban J connectivity index is 4.07. The Morgan fingerprint density at radius 1 is 1.06 bits per heavy atom. The zero-order valence-corrected chi connectivity index (χ0v) is 11.4. The Hall–Kier alpha value is -0.910. The van der Waals surface area contributed by atoms with Crippen LogP contribution in [0, 0.1) is 5.41 Å². The van der Waals surface area contributed by atoms with E-state index in [4.69, 9.17) is 20.1 Å². The molecule has 3 N–H and O–H groups in total. The van der Waals surface area contributed by atoms with Gasteiger partial charge in [-0.25, -0.2) is 4.79 Å². The second-order valence-electron chi connectivity index (χ2n) is 4.84. The van der Waals surface area contributed by atoms with Crippen molar-refractivity contribution in [1.82, 2.24) is 0 Å². The quantitative estimate of drug-likeness (QED) is 0.338. The first kappa shape index (κ1) is 17.1. The second-order valence-corrected chi connectivity index (χ2v) is 4.84. The largest absolute Gasteiger partial charge is 0.462 e. The molecule has 0 saturated carbocycles. The van der Waals surface area contributed by atoms with Crippen LogP contribution in [-0.4, -0.2) is 47.7 Å². The molecule has 0 aliphatic carbocycles. The maximum Gasteiger partial charge on any atom is 0.333 e. The lowest BCUT2D eigenvalue weighted by Gasteiger charge is -2.26. The van der Waals surface area contributed by atoms with Gasteiger partial charge in [-0.3, -0.25) is 0 Å². The van der Waals surface area contributed by atoms with Gasteiger partial charge in [0.25, 0.3) is 0 Å². The first-order valence-corrected chi connectivity index (χ1v) is 6.06. The summed E-state index contributed by atoms with van der Waals surface area (Å²) in [6.45, 7) is 4.72. The van der Waals surface area contributed by atoms with Crippen LogP contribution in [0.1, 0.15) is 33.6 Å². The average Bonchev–Trinajstić information content (AvgIpc) is 2.38. The molecular weight excluding hydrogens is 236 g/mol. The van der Waals surface area contributed by atoms with Gasteiger partial charge in [0.05, 0.1) is 26.4 Å². The highest BCUT2D eigenvalue weighted by molar-refractivity contribution is 5.88. The minimum Gasteiger partial charge on any atom is -0.462 e. The Bertz CT molecular complexity index is 279. The highest BCUT2D eigenvalue weighted by Gasteiger charge is 2.27. The summed E-state index contributed by atoms with van der Waals surface area (Å²) in [5.74, 6) is -0.349. The predicted molar refractivity (Wildman–Crippen MR) is 67.9 cm³/mol. The fraction of sp³-hybridized carbons (Fsp3) is 0.769. The molecule has 0 aliphatic heterocycles. The van der Waals surface area contributed by atoms with E-state index in [1.54, 1.807) is 6.92 Å². The Morgan fingerprint density at radius 2 is 1.56 bits per heavy atom. The molecule has 5 nitrogen and oxygen atoms in total. The van der Waals surface area contributed by atoms with Crippen LogP contribution in [0.15, 0.2) is 11.1 Å². The van der Waals surface area contributed by atoms with Crippen molar-refractivity contribution in [1.29, 1.82) is 0 Å². The van der Waals surface area contributed by atoms with E-state index in [9.17, 15) is 4.79 Å². The van der Waals surface area contributed by atoms with Gasteiger partial charge in [0.2, 0.25) is 0 Å². The van der Waals surface area contributed by atoms with Gasteiger partial charge < -0.3 is 20.1 Å². The van der Waals surface area contributed by atoms with E-state index in [0.717, 1.165) is 5.57 Å². The fourth-order valence-electron chi connectivity index (χ4n) is 1.31. The van der Waals surface area contributed by atoms with Crippen LogP contribution in [0.3, 0.4) is 0 Å². The fourth-order valence-corrected chi connectivity index (χ4v) is 1.31. The Morgan fingerprint density at radius 3 is 1.94 bits per heavy atom. The van der Waals surface area contributed by atoms with Crippen molar-refractivity contribution < 1.29 is 24.9 Å². The van der Waals surface area contributed by atoms with Crippen LogP contribution in [0.25, 0.3) is 0 Å². The molecule has 0 aromatic heterocycles. The molecule has 0 bridgehead atoms. The average molecular weight is 260 g/mol. The van der Waals surface area contributed by atoms with Crippen molar-refractivity contribution in [3.63, 3.8) is 0 Å². The molecule has 0 aromatic rings. The number of aliphatic hydroxyl groups excluding tert-OH is 3. The standard InChI is InChI=1S/C13H24O5/c1-10(2)11(3)12(17)18-6-4-5-13(7-14,8-15)9-16/h14-16H,4-9H2,1-3H3. The molecule has 0 aliphatic rings. The molecule has 0 saturated heterocycles. The number of ether oxygens (including phenoxy) is 1. The summed E-state index contributed by atoms with van der Waals surface area (Å²) >= 11 is 0. The summed E-state index contributed by atoms with van der Waals surface area (Å²) in [6.07, 6.45) is 0.890. The zero-order chi connectivity index (χ0) is 14.2. The van der Waals surface area contributed by atoms with Crippen molar-refractivity contribution in [3.8, 4) is 0 Å². The maximum atomic E-state index is 11.5. The van der Waals surface area contributed by atoms with Crippen LogP contribution in [0.2, 0.25) is 0 Å². The molecular formula is C13H24O5. The smallest absolute Gasteiger partial charge is 0.333 e. The van der Waals surface area contributed by atoms with Gasteiger partial charge in [0, 0.05) is 11.0 Å². The Kier molecular flexibility index (Phi) is 7.82. The van der Waals surface area contributed by atoms with Crippen molar-refractivity contribution in [2.24, 2.45) is 5.41 Å². The lowest BCUT2D eigenvalue weighted by molar-refractivity contribution is -0.139. The molecule has 0 unspecified atom stereocenters. The van der Waals surface area contributed by atoms with Crippen molar-refractivity contribution in [3.05, 3.63) is 11.1 Å². The van der Waals surface area contributed by atoms with Crippen LogP contribution >= 0.6 is 0 Å². The number of hydrogen-bond acceptors (Lipinski definition) is 5. The zero-order valence-electron chi connectivity index (χ0n) is 11.4. The van der Waals surface area contributed by atoms with Crippen molar-refractivity contribution in [2.75, 3.05) is 26.4 Å². The topological polar surface area (TPSA) is 87.0 Å². The van der Waals surface area contributed by atoms with Gasteiger partial charge in [-0.1, -0.05) is 5.57 Å². The van der Waals surface area contributed by atoms with E-state index in [1.807, 2.05) is 13.8 Å². The highest BCUT2D eigenvalue weighted by Crippen LogP contribution is 2.21. The molecule has 0 fully saturated rings. The highest BCUT2D eigenvalue weighted by atomic mass is 16.5. The minimum absolute atomic E-state index is 0.213. The molecule has 0 radical (unpaired) electrons. The molecule has 5 heteroatoms. The Labute approximate surface area is 108 Å². The lowest BCUT2D eigenvalue weighted by atomic mass is 9.86. The van der Waals surface area contributed by atoms with Crippen LogP contribution in [-0.2, 0) is 9.53 Å². The summed E-state index contributed by atoms with van der Waals surface area (Å²) in [6, 6.07) is 0. The van der Waals surface area contributed by atoms with Gasteiger partial charge in [-0.2, -0.15) is 0 Å². The number of hydrogen-bond donors (Lipinski definition) is 3. The van der Waals surface area contributed by atoms with Crippen LogP contribution < -0.4 is 0 Å². The van der Waals surface area contributed by atoms with Gasteiger partial charge in [0.15, 0.2) is 0 Å². The molecule has 0 aromatic carbocycles. The third-order valence-electron chi connectivity index (χ3n) is 3.15. The van der Waals surface area contributed by atoms with Gasteiger partial charge in [-0.15, -0.1) is 0 Å². The summed E-state index contributed by atoms with van der Waals surface area (Å²) in [7, 11) is 0. The normalized spacial score (nSPS) is 11.2. The molecule has 0 rings (SSSR count). The number of carbonyl (C=O) groups excluding carboxylic acids is 1. The predicted octanol–water partition coefficient (Wildman–Crippen LogP) is 0.629. The molecule has 106 valence electrons. The number of carbonyl (C=O) groups is 1. The summed E-state index contributed by atoms with van der Waals surface area (Å²) in [5, 5.41) is 27.3. The third kappa shape index (κ3) is 5.16. The van der Waals surface area contributed by atoms with E-state index >= 15 is 0 Å². The number of aliphatic hydroxyl groups is 3. The van der Waals surface area contributed by atoms with E-state index in [1.165, 1.54) is 0 Å². The summed E-state index contributed by atoms with van der Waals surface area (Å²) < 4.78 is 5.05. The van der Waals surface area contributed by atoms with Gasteiger partial charge in [-0.05, 0) is 33.6 Å². The molecule has 0 heterocycles. The van der Waals surface area contributed by atoms with E-state index < -0.39 is 5.41 Å². The van der Waals surface area contributed by atoms with E-state index in [2.05, 4.69) is 0 Å². The van der Waals surface area contributed by atoms with Crippen LogP contribution in [0.4, 0.5) is 0 Å². The molecule has 18 heavy (non-hydrogen) atoms. The van der Waals surface area contributed by atoms with E-state index in [-0.39, 0.29) is 32.4 Å². The minimum atomic E-state index is -0.891. The maximum absolute atomic E-state index is 11.5. The first-order chi connectivity index (χ1) is 8.42. The monoisotopic (exact) mass is 260 g/mol. The summed E-state index contributed by atoms with van der Waals surface area (Å²) in [5.41, 5.74) is 0.612. The third-order valence-corrected chi connectivity index (χ3v) is 3.15. The first-order valence-electron chi connectivity index (χ1n) is 6.06. The lowest BCUT2D eigenvalue weighted by Crippen LogP contribution is -2.34.